The number of nitrogens with zero attached hydrogens (tertiary/aromatic N) is 3. The molecule has 0 unspecified atom stereocenters. The average Bonchev–Trinajstić information content (AvgIpc) is 2.74. The maximum absolute atomic E-state index is 13.1. The van der Waals surface area contributed by atoms with Crippen molar-refractivity contribution in [1.82, 2.24) is 9.80 Å². The number of piperidine rings is 1. The molecular formula is C21H31N3O3. The van der Waals surface area contributed by atoms with E-state index in [1.54, 1.807) is 12.1 Å². The molecule has 1 aromatic rings. The predicted octanol–water partition coefficient (Wildman–Crippen LogP) is 1.93. The molecule has 1 N–H and O–H groups in total. The lowest BCUT2D eigenvalue weighted by Gasteiger charge is -2.42. The van der Waals surface area contributed by atoms with E-state index in [-0.39, 0.29) is 5.92 Å². The van der Waals surface area contributed by atoms with E-state index in [1.165, 1.54) is 0 Å². The summed E-state index contributed by atoms with van der Waals surface area (Å²) >= 11 is 0. The Morgan fingerprint density at radius 2 is 1.81 bits per heavy atom. The van der Waals surface area contributed by atoms with Gasteiger partial charge in [-0.3, -0.25) is 9.69 Å². The molecule has 3 aliphatic heterocycles. The Hall–Kier alpha value is -1.79. The molecule has 4 rings (SSSR count). The average molecular weight is 373 g/mol. The van der Waals surface area contributed by atoms with Crippen LogP contribution in [0.3, 0.4) is 0 Å². The van der Waals surface area contributed by atoms with Crippen LogP contribution < -0.4 is 4.90 Å². The van der Waals surface area contributed by atoms with Crippen molar-refractivity contribution in [2.24, 2.45) is 5.92 Å². The number of amides is 1. The number of hydrogen-bond acceptors (Lipinski definition) is 5. The molecule has 0 bridgehead atoms. The summed E-state index contributed by atoms with van der Waals surface area (Å²) in [6.45, 7) is 6.94. The van der Waals surface area contributed by atoms with Crippen molar-refractivity contribution >= 4 is 11.6 Å². The smallest absolute Gasteiger partial charge is 0.227 e. The summed E-state index contributed by atoms with van der Waals surface area (Å²) in [5.41, 5.74) is 1.03. The molecule has 1 amide bonds. The van der Waals surface area contributed by atoms with Crippen LogP contribution in [0.1, 0.15) is 25.7 Å². The number of phenolic OH excluding ortho intramolecular Hbond substituents is 1. The Labute approximate surface area is 161 Å². The molecule has 0 aromatic heterocycles. The van der Waals surface area contributed by atoms with Crippen LogP contribution in [0.4, 0.5) is 5.69 Å². The number of hydrogen-bond donors (Lipinski definition) is 1. The summed E-state index contributed by atoms with van der Waals surface area (Å²) < 4.78 is 5.49. The fraction of sp³-hybridized carbons (Fsp3) is 0.667. The highest BCUT2D eigenvalue weighted by Crippen LogP contribution is 2.26. The summed E-state index contributed by atoms with van der Waals surface area (Å²) in [6, 6.07) is 7.97. The molecule has 0 aliphatic carbocycles. The van der Waals surface area contributed by atoms with Crippen LogP contribution in [-0.2, 0) is 9.53 Å². The summed E-state index contributed by atoms with van der Waals surface area (Å²) in [5, 5.41) is 9.68. The van der Waals surface area contributed by atoms with Gasteiger partial charge in [-0.05, 0) is 44.4 Å². The molecular weight excluding hydrogens is 342 g/mol. The van der Waals surface area contributed by atoms with E-state index in [4.69, 9.17) is 4.74 Å². The zero-order valence-electron chi connectivity index (χ0n) is 16.1. The zero-order valence-corrected chi connectivity index (χ0v) is 16.1. The largest absolute Gasteiger partial charge is 0.508 e. The van der Waals surface area contributed by atoms with Crippen LogP contribution in [0.25, 0.3) is 0 Å². The number of carbonyl (C=O) groups is 1. The third-order valence-corrected chi connectivity index (χ3v) is 6.30. The van der Waals surface area contributed by atoms with E-state index in [1.807, 2.05) is 12.1 Å². The molecule has 0 spiro atoms. The number of benzene rings is 1. The number of likely N-dealkylation sites (tertiary alicyclic amines) is 1. The first-order chi connectivity index (χ1) is 13.2. The standard InChI is InChI=1S/C21H31N3O3/c25-20-5-1-4-19(15-20)22-9-11-23(12-10-22)21(26)17-3-2-8-24(16-17)18-6-13-27-14-7-18/h1,4-5,15,17-18,25H,2-3,6-14,16H2/t17-/m1/s1. The molecule has 3 saturated heterocycles. The van der Waals surface area contributed by atoms with E-state index in [9.17, 15) is 9.90 Å². The van der Waals surface area contributed by atoms with Gasteiger partial charge in [0.25, 0.3) is 0 Å². The lowest BCUT2D eigenvalue weighted by Crippen LogP contribution is -2.54. The lowest BCUT2D eigenvalue weighted by molar-refractivity contribution is -0.138. The third-order valence-electron chi connectivity index (χ3n) is 6.30. The number of phenols is 1. The summed E-state index contributed by atoms with van der Waals surface area (Å²) in [7, 11) is 0. The molecule has 1 aromatic carbocycles. The monoisotopic (exact) mass is 373 g/mol. The van der Waals surface area contributed by atoms with Crippen LogP contribution in [0, 0.1) is 5.92 Å². The Bertz CT molecular complexity index is 639. The van der Waals surface area contributed by atoms with Crippen LogP contribution in [0.15, 0.2) is 24.3 Å². The number of aromatic hydroxyl groups is 1. The second kappa shape index (κ2) is 8.48. The highest BCUT2D eigenvalue weighted by atomic mass is 16.5. The van der Waals surface area contributed by atoms with Crippen molar-refractivity contribution in [2.75, 3.05) is 57.4 Å². The first-order valence-electron chi connectivity index (χ1n) is 10.4. The van der Waals surface area contributed by atoms with Crippen molar-refractivity contribution in [3.63, 3.8) is 0 Å². The minimum atomic E-state index is 0.147. The van der Waals surface area contributed by atoms with Gasteiger partial charge in [0, 0.05) is 63.7 Å². The Balaban J connectivity index is 1.31. The maximum atomic E-state index is 13.1. The van der Waals surface area contributed by atoms with Gasteiger partial charge in [-0.1, -0.05) is 6.07 Å². The van der Waals surface area contributed by atoms with Crippen molar-refractivity contribution in [1.29, 1.82) is 0 Å². The van der Waals surface area contributed by atoms with Gasteiger partial charge < -0.3 is 19.6 Å². The van der Waals surface area contributed by atoms with Crippen LogP contribution >= 0.6 is 0 Å². The van der Waals surface area contributed by atoms with Crippen molar-refractivity contribution < 1.29 is 14.6 Å². The molecule has 3 fully saturated rings. The molecule has 3 aliphatic rings. The second-order valence-electron chi connectivity index (χ2n) is 8.01. The minimum absolute atomic E-state index is 0.147. The van der Waals surface area contributed by atoms with Crippen molar-refractivity contribution in [2.45, 2.75) is 31.7 Å². The minimum Gasteiger partial charge on any atom is -0.508 e. The number of carbonyl (C=O) groups excluding carboxylic acids is 1. The van der Waals surface area contributed by atoms with Gasteiger partial charge in [0.15, 0.2) is 0 Å². The SMILES string of the molecule is O=C([C@@H]1CCCN(C2CCOCC2)C1)N1CCN(c2cccc(O)c2)CC1. The molecule has 148 valence electrons. The summed E-state index contributed by atoms with van der Waals surface area (Å²) in [6.07, 6.45) is 4.34. The number of rotatable bonds is 3. The predicted molar refractivity (Wildman–Crippen MR) is 105 cm³/mol. The number of anilines is 1. The molecule has 0 saturated carbocycles. The first-order valence-corrected chi connectivity index (χ1v) is 10.4. The highest BCUT2D eigenvalue weighted by molar-refractivity contribution is 5.79. The Morgan fingerprint density at radius 1 is 1.04 bits per heavy atom. The van der Waals surface area contributed by atoms with Crippen LogP contribution in [-0.4, -0.2) is 79.3 Å². The highest BCUT2D eigenvalue weighted by Gasteiger charge is 2.33. The van der Waals surface area contributed by atoms with E-state index in [2.05, 4.69) is 14.7 Å². The maximum Gasteiger partial charge on any atom is 0.227 e. The summed E-state index contributed by atoms with van der Waals surface area (Å²) in [5.74, 6) is 0.776. The lowest BCUT2D eigenvalue weighted by atomic mass is 9.93. The number of piperazine rings is 1. The van der Waals surface area contributed by atoms with E-state index >= 15 is 0 Å². The Kier molecular flexibility index (Phi) is 5.83. The fourth-order valence-electron chi connectivity index (χ4n) is 4.72. The molecule has 27 heavy (non-hydrogen) atoms. The van der Waals surface area contributed by atoms with Gasteiger partial charge in [0.05, 0.1) is 5.92 Å². The zero-order chi connectivity index (χ0) is 18.6. The van der Waals surface area contributed by atoms with E-state index in [0.29, 0.717) is 17.7 Å². The molecule has 3 heterocycles. The quantitative estimate of drug-likeness (QED) is 0.877. The van der Waals surface area contributed by atoms with Crippen molar-refractivity contribution in [3.8, 4) is 5.75 Å². The van der Waals surface area contributed by atoms with Gasteiger partial charge in [-0.2, -0.15) is 0 Å². The van der Waals surface area contributed by atoms with E-state index < -0.39 is 0 Å². The molecule has 1 atom stereocenters. The summed E-state index contributed by atoms with van der Waals surface area (Å²) in [4.78, 5) is 19.9. The van der Waals surface area contributed by atoms with E-state index in [0.717, 1.165) is 83.9 Å². The number of ether oxygens (including phenoxy) is 1. The van der Waals surface area contributed by atoms with Gasteiger partial charge >= 0.3 is 0 Å². The van der Waals surface area contributed by atoms with Crippen molar-refractivity contribution in [3.05, 3.63) is 24.3 Å². The van der Waals surface area contributed by atoms with Gasteiger partial charge in [0.1, 0.15) is 5.75 Å². The fourth-order valence-corrected chi connectivity index (χ4v) is 4.72. The van der Waals surface area contributed by atoms with Crippen LogP contribution in [0.2, 0.25) is 0 Å². The van der Waals surface area contributed by atoms with Gasteiger partial charge in [-0.15, -0.1) is 0 Å². The molecule has 6 heteroatoms. The van der Waals surface area contributed by atoms with Gasteiger partial charge in [0.2, 0.25) is 5.91 Å². The normalized spacial score (nSPS) is 25.6. The molecule has 6 nitrogen and oxygen atoms in total. The second-order valence-corrected chi connectivity index (χ2v) is 8.01. The molecule has 0 radical (unpaired) electrons. The first kappa shape index (κ1) is 18.6. The topological polar surface area (TPSA) is 56.2 Å². The Morgan fingerprint density at radius 3 is 2.56 bits per heavy atom. The third kappa shape index (κ3) is 4.38. The van der Waals surface area contributed by atoms with Crippen LogP contribution in [0.5, 0.6) is 5.75 Å². The van der Waals surface area contributed by atoms with Gasteiger partial charge in [-0.25, -0.2) is 0 Å².